The Balaban J connectivity index is 2.56. The summed E-state index contributed by atoms with van der Waals surface area (Å²) in [6, 6.07) is 7.73. The second-order valence-electron chi connectivity index (χ2n) is 5.56. The van der Waals surface area contributed by atoms with Crippen LogP contribution in [0.4, 0.5) is 5.69 Å². The molecule has 2 aromatic rings. The van der Waals surface area contributed by atoms with Gasteiger partial charge in [0.05, 0.1) is 29.3 Å². The number of halogens is 2. The normalized spacial score (nSPS) is 11.1. The molecule has 0 saturated carbocycles. The number of hydrogen-bond acceptors (Lipinski definition) is 6. The number of esters is 1. The van der Waals surface area contributed by atoms with Crippen LogP contribution >= 0.6 is 23.2 Å². The lowest BCUT2D eigenvalue weighted by molar-refractivity contribution is -0.140. The van der Waals surface area contributed by atoms with Gasteiger partial charge in [-0.25, -0.2) is 8.42 Å². The van der Waals surface area contributed by atoms with Crippen LogP contribution in [0, 0.1) is 6.92 Å². The van der Waals surface area contributed by atoms with Gasteiger partial charge in [-0.2, -0.15) is 0 Å². The summed E-state index contributed by atoms with van der Waals surface area (Å²) in [6.45, 7) is 3.56. The number of sulfone groups is 1. The highest BCUT2D eigenvalue weighted by atomic mass is 35.5. The van der Waals surface area contributed by atoms with Gasteiger partial charge in [0.25, 0.3) is 0 Å². The summed E-state index contributed by atoms with van der Waals surface area (Å²) in [7, 11) is -2.67. The Hall–Kier alpha value is -1.96. The van der Waals surface area contributed by atoms with Crippen molar-refractivity contribution < 1.29 is 22.7 Å². The molecule has 0 saturated heterocycles. The molecular weight excluding hydrogens is 413 g/mol. The lowest BCUT2D eigenvalue weighted by Gasteiger charge is -2.16. The molecule has 0 aliphatic rings. The van der Waals surface area contributed by atoms with Crippen LogP contribution in [-0.2, 0) is 19.4 Å². The molecular formula is C18H19Cl2NO5S. The van der Waals surface area contributed by atoms with Crippen LogP contribution in [0.25, 0.3) is 0 Å². The molecule has 2 rings (SSSR count). The molecule has 0 heterocycles. The van der Waals surface area contributed by atoms with Gasteiger partial charge in [-0.1, -0.05) is 40.9 Å². The zero-order valence-corrected chi connectivity index (χ0v) is 17.3. The Kier molecular flexibility index (Phi) is 6.97. The van der Waals surface area contributed by atoms with E-state index >= 15 is 0 Å². The van der Waals surface area contributed by atoms with Crippen molar-refractivity contribution in [3.63, 3.8) is 0 Å². The van der Waals surface area contributed by atoms with Crippen molar-refractivity contribution in [2.45, 2.75) is 23.6 Å². The Morgan fingerprint density at radius 1 is 1.15 bits per heavy atom. The number of nitrogens with one attached hydrogen (secondary N) is 1. The number of carbonyl (C=O) groups excluding carboxylic acids is 1. The van der Waals surface area contributed by atoms with E-state index in [-0.39, 0.29) is 44.4 Å². The predicted molar refractivity (Wildman–Crippen MR) is 105 cm³/mol. The fourth-order valence-electron chi connectivity index (χ4n) is 2.32. The van der Waals surface area contributed by atoms with Crippen molar-refractivity contribution in [2.24, 2.45) is 0 Å². The number of benzene rings is 2. The van der Waals surface area contributed by atoms with Crippen LogP contribution in [0.15, 0.2) is 40.1 Å². The molecule has 0 aromatic heterocycles. The maximum Gasteiger partial charge on any atom is 0.325 e. The molecule has 1 N–H and O–H groups in total. The fourth-order valence-corrected chi connectivity index (χ4v) is 4.83. The van der Waals surface area contributed by atoms with Gasteiger partial charge in [-0.05, 0) is 26.0 Å². The number of hydrogen-bond donors (Lipinski definition) is 1. The van der Waals surface area contributed by atoms with Gasteiger partial charge in [0.1, 0.15) is 22.2 Å². The molecule has 0 amide bonds. The SMILES string of the molecule is CCOC(=O)CNc1cc(OC)c(Cl)c(S(=O)(=O)c2ccc(C)cc2)c1Cl. The van der Waals surface area contributed by atoms with Gasteiger partial charge in [0.2, 0.25) is 9.84 Å². The van der Waals surface area contributed by atoms with Crippen LogP contribution in [0.3, 0.4) is 0 Å². The van der Waals surface area contributed by atoms with Crippen molar-refractivity contribution in [2.75, 3.05) is 25.6 Å². The summed E-state index contributed by atoms with van der Waals surface area (Å²) in [5.74, 6) is -0.400. The minimum Gasteiger partial charge on any atom is -0.495 e. The van der Waals surface area contributed by atoms with Gasteiger partial charge in [-0.15, -0.1) is 0 Å². The molecule has 0 atom stereocenters. The lowest BCUT2D eigenvalue weighted by atomic mass is 10.2. The molecule has 0 aliphatic heterocycles. The van der Waals surface area contributed by atoms with E-state index in [0.29, 0.717) is 0 Å². The number of carbonyl (C=O) groups is 1. The first kappa shape index (κ1) is 21.3. The summed E-state index contributed by atoms with van der Waals surface area (Å²) < 4.78 is 36.2. The average Bonchev–Trinajstić information content (AvgIpc) is 2.61. The number of aryl methyl sites for hydroxylation is 1. The highest BCUT2D eigenvalue weighted by Gasteiger charge is 2.29. The third-order valence-electron chi connectivity index (χ3n) is 3.68. The fraction of sp³-hybridized carbons (Fsp3) is 0.278. The maximum absolute atomic E-state index is 13.1. The molecule has 0 unspecified atom stereocenters. The van der Waals surface area contributed by atoms with Crippen LogP contribution in [0.5, 0.6) is 5.75 Å². The highest BCUT2D eigenvalue weighted by Crippen LogP contribution is 2.43. The maximum atomic E-state index is 13.1. The zero-order chi connectivity index (χ0) is 20.2. The Labute approximate surface area is 168 Å². The second kappa shape index (κ2) is 8.82. The van der Waals surface area contributed by atoms with E-state index in [9.17, 15) is 13.2 Å². The minimum absolute atomic E-state index is 0.0431. The lowest BCUT2D eigenvalue weighted by Crippen LogP contribution is -2.17. The topological polar surface area (TPSA) is 81.7 Å². The van der Waals surface area contributed by atoms with Gasteiger partial charge >= 0.3 is 5.97 Å². The molecule has 0 bridgehead atoms. The number of methoxy groups -OCH3 is 1. The molecule has 6 nitrogen and oxygen atoms in total. The summed E-state index contributed by atoms with van der Waals surface area (Å²) in [4.78, 5) is 11.3. The van der Waals surface area contributed by atoms with Gasteiger partial charge in [0, 0.05) is 6.07 Å². The molecule has 0 radical (unpaired) electrons. The Bertz CT molecular complexity index is 943. The first-order valence-corrected chi connectivity index (χ1v) is 10.2. The molecule has 27 heavy (non-hydrogen) atoms. The summed E-state index contributed by atoms with van der Waals surface area (Å²) in [5.41, 5.74) is 1.10. The molecule has 9 heteroatoms. The van der Waals surface area contributed by atoms with E-state index in [1.807, 2.05) is 6.92 Å². The van der Waals surface area contributed by atoms with E-state index < -0.39 is 15.8 Å². The molecule has 0 fully saturated rings. The van der Waals surface area contributed by atoms with E-state index in [2.05, 4.69) is 5.32 Å². The molecule has 2 aromatic carbocycles. The Morgan fingerprint density at radius 3 is 2.33 bits per heavy atom. The monoisotopic (exact) mass is 431 g/mol. The van der Waals surface area contributed by atoms with E-state index in [4.69, 9.17) is 32.7 Å². The van der Waals surface area contributed by atoms with Crippen LogP contribution in [0.1, 0.15) is 12.5 Å². The number of anilines is 1. The Morgan fingerprint density at radius 2 is 1.78 bits per heavy atom. The zero-order valence-electron chi connectivity index (χ0n) is 15.0. The largest absolute Gasteiger partial charge is 0.495 e. The van der Waals surface area contributed by atoms with E-state index in [1.54, 1.807) is 19.1 Å². The smallest absolute Gasteiger partial charge is 0.325 e. The van der Waals surface area contributed by atoms with Crippen LogP contribution in [0.2, 0.25) is 10.0 Å². The van der Waals surface area contributed by atoms with Crippen LogP contribution in [-0.4, -0.2) is 34.6 Å². The van der Waals surface area contributed by atoms with E-state index in [0.717, 1.165) is 5.56 Å². The van der Waals surface area contributed by atoms with Crippen LogP contribution < -0.4 is 10.1 Å². The van der Waals surface area contributed by atoms with Crippen molar-refractivity contribution in [1.29, 1.82) is 0 Å². The van der Waals surface area contributed by atoms with Crippen molar-refractivity contribution in [1.82, 2.24) is 0 Å². The minimum atomic E-state index is -4.02. The summed E-state index contributed by atoms with van der Waals surface area (Å²) in [6.07, 6.45) is 0. The van der Waals surface area contributed by atoms with Gasteiger partial charge in [-0.3, -0.25) is 4.79 Å². The number of ether oxygens (including phenoxy) is 2. The highest BCUT2D eigenvalue weighted by molar-refractivity contribution is 7.91. The quantitative estimate of drug-likeness (QED) is 0.663. The summed E-state index contributed by atoms with van der Waals surface area (Å²) in [5, 5.41) is 2.49. The van der Waals surface area contributed by atoms with Crippen molar-refractivity contribution in [3.05, 3.63) is 45.9 Å². The first-order valence-electron chi connectivity index (χ1n) is 7.99. The third-order valence-corrected chi connectivity index (χ3v) is 6.51. The average molecular weight is 432 g/mol. The predicted octanol–water partition coefficient (Wildman–Crippen LogP) is 4.12. The molecule has 146 valence electrons. The molecule has 0 aliphatic carbocycles. The van der Waals surface area contributed by atoms with Crippen molar-refractivity contribution in [3.8, 4) is 5.75 Å². The third kappa shape index (κ3) is 4.66. The number of rotatable bonds is 7. The molecule has 0 spiro atoms. The van der Waals surface area contributed by atoms with Crippen molar-refractivity contribution >= 4 is 44.7 Å². The standard InChI is InChI=1S/C18H19Cl2NO5S/c1-4-26-15(22)10-21-13-9-14(25-3)17(20)18(16(13)19)27(23,24)12-7-5-11(2)6-8-12/h5-9,21H,4,10H2,1-3H3. The first-order chi connectivity index (χ1) is 12.7. The summed E-state index contributed by atoms with van der Waals surface area (Å²) >= 11 is 12.6. The van der Waals surface area contributed by atoms with Gasteiger partial charge < -0.3 is 14.8 Å². The van der Waals surface area contributed by atoms with E-state index in [1.165, 1.54) is 25.3 Å². The second-order valence-corrected chi connectivity index (χ2v) is 8.20. The van der Waals surface area contributed by atoms with Gasteiger partial charge in [0.15, 0.2) is 0 Å².